The monoisotopic (exact) mass is 330 g/mol. The number of carbonyl (C=O) groups excluding carboxylic acids is 1. The lowest BCUT2D eigenvalue weighted by Gasteiger charge is -2.36. The number of piperidine rings is 1. The van der Waals surface area contributed by atoms with Crippen molar-refractivity contribution in [3.05, 3.63) is 24.3 Å². The van der Waals surface area contributed by atoms with Crippen LogP contribution in [0.25, 0.3) is 0 Å². The summed E-state index contributed by atoms with van der Waals surface area (Å²) in [5.41, 5.74) is -0.297. The van der Waals surface area contributed by atoms with Crippen LogP contribution in [0.5, 0.6) is 0 Å². The third kappa shape index (κ3) is 3.94. The third-order valence-corrected chi connectivity index (χ3v) is 5.53. The summed E-state index contributed by atoms with van der Waals surface area (Å²) in [6.07, 6.45) is 11.3. The van der Waals surface area contributed by atoms with Gasteiger partial charge in [-0.1, -0.05) is 19.8 Å². The summed E-state index contributed by atoms with van der Waals surface area (Å²) in [5.74, 6) is 1.05. The maximum Gasteiger partial charge on any atom is 0.225 e. The average molecular weight is 330 g/mol. The minimum Gasteiger partial charge on any atom is -0.343 e. The van der Waals surface area contributed by atoms with Crippen molar-refractivity contribution in [2.75, 3.05) is 13.1 Å². The Kier molecular flexibility index (Phi) is 5.49. The van der Waals surface area contributed by atoms with Crippen molar-refractivity contribution < 1.29 is 4.79 Å². The lowest BCUT2D eigenvalue weighted by molar-refractivity contribution is -0.128. The van der Waals surface area contributed by atoms with Crippen molar-refractivity contribution in [3.8, 4) is 0 Å². The fraction of sp³-hybridized carbons (Fsp3) is 0.737. The van der Waals surface area contributed by atoms with E-state index in [0.29, 0.717) is 6.04 Å². The summed E-state index contributed by atoms with van der Waals surface area (Å²) < 4.78 is 0. The molecule has 0 radical (unpaired) electrons. The van der Waals surface area contributed by atoms with Crippen LogP contribution in [0.1, 0.15) is 64.6 Å². The van der Waals surface area contributed by atoms with Gasteiger partial charge in [0.25, 0.3) is 0 Å². The summed E-state index contributed by atoms with van der Waals surface area (Å²) in [5, 5.41) is 3.27. The van der Waals surface area contributed by atoms with Gasteiger partial charge in [-0.25, -0.2) is 9.97 Å². The van der Waals surface area contributed by atoms with Crippen molar-refractivity contribution in [2.24, 2.45) is 5.92 Å². The van der Waals surface area contributed by atoms with Gasteiger partial charge in [-0.3, -0.25) is 9.69 Å². The molecule has 24 heavy (non-hydrogen) atoms. The quantitative estimate of drug-likeness (QED) is 0.835. The zero-order chi connectivity index (χ0) is 17.0. The average Bonchev–Trinajstić information content (AvgIpc) is 3.41. The second-order valence-electron chi connectivity index (χ2n) is 7.47. The first kappa shape index (κ1) is 17.3. The Labute approximate surface area is 145 Å². The molecule has 2 atom stereocenters. The fourth-order valence-corrected chi connectivity index (χ4v) is 3.72. The van der Waals surface area contributed by atoms with Gasteiger partial charge >= 0.3 is 0 Å². The molecule has 1 aromatic rings. The van der Waals surface area contributed by atoms with Crippen molar-refractivity contribution in [3.63, 3.8) is 0 Å². The molecule has 1 aromatic heterocycles. The molecule has 5 nitrogen and oxygen atoms in total. The van der Waals surface area contributed by atoms with Crippen LogP contribution >= 0.6 is 0 Å². The Morgan fingerprint density at radius 2 is 2.17 bits per heavy atom. The van der Waals surface area contributed by atoms with E-state index in [2.05, 4.69) is 34.0 Å². The molecule has 2 heterocycles. The SMILES string of the molecule is CCCCC(C)N1CCCC(C(=O)NC2(c3ncccn3)CC2)C1. The number of amides is 1. The third-order valence-electron chi connectivity index (χ3n) is 5.53. The first-order chi connectivity index (χ1) is 11.6. The maximum atomic E-state index is 12.8. The zero-order valence-electron chi connectivity index (χ0n) is 15.0. The highest BCUT2D eigenvalue weighted by Gasteiger charge is 2.49. The lowest BCUT2D eigenvalue weighted by Crippen LogP contribution is -2.48. The predicted octanol–water partition coefficient (Wildman–Crippen LogP) is 2.87. The standard InChI is InChI=1S/C19H30N4O/c1-3-4-7-15(2)23-13-5-8-16(14-23)17(24)22-19(9-10-19)18-20-11-6-12-21-18/h6,11-12,15-16H,3-5,7-10,13-14H2,1-2H3,(H,22,24). The Morgan fingerprint density at radius 3 is 2.83 bits per heavy atom. The molecule has 1 saturated heterocycles. The molecule has 3 rings (SSSR count). The number of hydrogen-bond donors (Lipinski definition) is 1. The number of hydrogen-bond acceptors (Lipinski definition) is 4. The highest BCUT2D eigenvalue weighted by Crippen LogP contribution is 2.43. The van der Waals surface area contributed by atoms with Gasteiger partial charge in [0.1, 0.15) is 0 Å². The molecule has 5 heteroatoms. The van der Waals surface area contributed by atoms with Gasteiger partial charge in [-0.05, 0) is 51.6 Å². The van der Waals surface area contributed by atoms with Crippen molar-refractivity contribution >= 4 is 5.91 Å². The van der Waals surface area contributed by atoms with E-state index in [-0.39, 0.29) is 17.4 Å². The summed E-state index contributed by atoms with van der Waals surface area (Å²) in [7, 11) is 0. The highest BCUT2D eigenvalue weighted by molar-refractivity contribution is 5.80. The summed E-state index contributed by atoms with van der Waals surface area (Å²) in [6.45, 7) is 6.56. The van der Waals surface area contributed by atoms with Crippen LogP contribution in [0.2, 0.25) is 0 Å². The summed E-state index contributed by atoms with van der Waals surface area (Å²) in [4.78, 5) is 24.0. The lowest BCUT2D eigenvalue weighted by atomic mass is 9.94. The Hall–Kier alpha value is -1.49. The number of aromatic nitrogens is 2. The second kappa shape index (κ2) is 7.60. The smallest absolute Gasteiger partial charge is 0.225 e. The van der Waals surface area contributed by atoms with Crippen LogP contribution < -0.4 is 5.32 Å². The van der Waals surface area contributed by atoms with Gasteiger partial charge < -0.3 is 5.32 Å². The largest absolute Gasteiger partial charge is 0.343 e. The molecule has 1 saturated carbocycles. The molecule has 0 aromatic carbocycles. The van der Waals surface area contributed by atoms with Crippen LogP contribution in [-0.2, 0) is 10.3 Å². The number of nitrogens with one attached hydrogen (secondary N) is 1. The molecule has 2 unspecified atom stereocenters. The van der Waals surface area contributed by atoms with Crippen LogP contribution in [0, 0.1) is 5.92 Å². The Morgan fingerprint density at radius 1 is 1.42 bits per heavy atom. The normalized spacial score (nSPS) is 24.3. The topological polar surface area (TPSA) is 58.1 Å². The molecule has 0 bridgehead atoms. The van der Waals surface area contributed by atoms with Crippen LogP contribution in [0.4, 0.5) is 0 Å². The fourth-order valence-electron chi connectivity index (χ4n) is 3.72. The Balaban J connectivity index is 1.57. The zero-order valence-corrected chi connectivity index (χ0v) is 15.0. The van der Waals surface area contributed by atoms with Gasteiger partial charge in [0.15, 0.2) is 5.82 Å². The maximum absolute atomic E-state index is 12.8. The van der Waals surface area contributed by atoms with Crippen LogP contribution in [0.15, 0.2) is 18.5 Å². The number of rotatable bonds is 7. The number of likely N-dealkylation sites (tertiary alicyclic amines) is 1. The molecule has 1 amide bonds. The highest BCUT2D eigenvalue weighted by atomic mass is 16.2. The van der Waals surface area contributed by atoms with E-state index in [1.165, 1.54) is 19.3 Å². The molecule has 2 fully saturated rings. The van der Waals surface area contributed by atoms with Gasteiger partial charge in [0.05, 0.1) is 11.5 Å². The van der Waals surface area contributed by atoms with Crippen molar-refractivity contribution in [1.29, 1.82) is 0 Å². The van der Waals surface area contributed by atoms with E-state index in [4.69, 9.17) is 0 Å². The van der Waals surface area contributed by atoms with E-state index in [9.17, 15) is 4.79 Å². The van der Waals surface area contributed by atoms with Crippen LogP contribution in [0.3, 0.4) is 0 Å². The molecular formula is C19H30N4O. The van der Waals surface area contributed by atoms with E-state index >= 15 is 0 Å². The van der Waals surface area contributed by atoms with E-state index in [1.54, 1.807) is 12.4 Å². The second-order valence-corrected chi connectivity index (χ2v) is 7.47. The van der Waals surface area contributed by atoms with Gasteiger partial charge in [0.2, 0.25) is 5.91 Å². The van der Waals surface area contributed by atoms with Crippen LogP contribution in [-0.4, -0.2) is 39.9 Å². The minimum absolute atomic E-state index is 0.101. The Bertz CT molecular complexity index is 544. The van der Waals surface area contributed by atoms with Gasteiger partial charge in [-0.2, -0.15) is 0 Å². The van der Waals surface area contributed by atoms with E-state index in [1.807, 2.05) is 6.07 Å². The number of carbonyl (C=O) groups is 1. The molecule has 1 aliphatic carbocycles. The number of unbranched alkanes of at least 4 members (excludes halogenated alkanes) is 1. The molecular weight excluding hydrogens is 300 g/mol. The predicted molar refractivity (Wildman–Crippen MR) is 94.4 cm³/mol. The van der Waals surface area contributed by atoms with E-state index < -0.39 is 0 Å². The summed E-state index contributed by atoms with van der Waals surface area (Å²) >= 11 is 0. The van der Waals surface area contributed by atoms with Crippen molar-refractivity contribution in [2.45, 2.75) is 70.4 Å². The molecule has 0 spiro atoms. The molecule has 2 aliphatic rings. The first-order valence-electron chi connectivity index (χ1n) is 9.48. The molecule has 132 valence electrons. The first-order valence-corrected chi connectivity index (χ1v) is 9.48. The molecule has 1 aliphatic heterocycles. The minimum atomic E-state index is -0.297. The summed E-state index contributed by atoms with van der Waals surface area (Å²) in [6, 6.07) is 2.39. The van der Waals surface area contributed by atoms with Gasteiger partial charge in [-0.15, -0.1) is 0 Å². The molecule has 1 N–H and O–H groups in total. The van der Waals surface area contributed by atoms with E-state index in [0.717, 1.165) is 44.6 Å². The van der Waals surface area contributed by atoms with Crippen molar-refractivity contribution in [1.82, 2.24) is 20.2 Å². The van der Waals surface area contributed by atoms with Gasteiger partial charge in [0, 0.05) is 25.0 Å². The number of nitrogens with zero attached hydrogens (tertiary/aromatic N) is 3.